The van der Waals surface area contributed by atoms with Crippen LogP contribution in [0.5, 0.6) is 0 Å². The molecule has 0 radical (unpaired) electrons. The predicted octanol–water partition coefficient (Wildman–Crippen LogP) is 3.17. The average molecular weight is 308 g/mol. The molecule has 118 valence electrons. The predicted molar refractivity (Wildman–Crippen MR) is 88.5 cm³/mol. The number of nitrogens with zero attached hydrogens (tertiary/aromatic N) is 2. The van der Waals surface area contributed by atoms with Crippen LogP contribution in [0.3, 0.4) is 0 Å². The molecule has 1 saturated carbocycles. The van der Waals surface area contributed by atoms with Crippen LogP contribution in [0.2, 0.25) is 0 Å². The fraction of sp³-hybridized carbons (Fsp3) is 0.333. The minimum absolute atomic E-state index is 0.0260. The maximum Gasteiger partial charge on any atom is 0.253 e. The number of aromatic amines is 1. The number of aromatic nitrogens is 3. The van der Waals surface area contributed by atoms with Crippen LogP contribution in [0.4, 0.5) is 0 Å². The van der Waals surface area contributed by atoms with E-state index in [0.717, 1.165) is 28.3 Å². The molecule has 3 heterocycles. The highest BCUT2D eigenvalue weighted by Crippen LogP contribution is 2.37. The first-order valence-electron chi connectivity index (χ1n) is 8.11. The van der Waals surface area contributed by atoms with E-state index >= 15 is 0 Å². The number of nitrogens with one attached hydrogen (secondary N) is 2. The van der Waals surface area contributed by atoms with Gasteiger partial charge in [0.2, 0.25) is 0 Å². The van der Waals surface area contributed by atoms with Gasteiger partial charge in [0.05, 0.1) is 17.8 Å². The van der Waals surface area contributed by atoms with Crippen LogP contribution in [-0.4, -0.2) is 20.3 Å². The summed E-state index contributed by atoms with van der Waals surface area (Å²) in [5, 5.41) is 2.99. The molecule has 0 atom stereocenters. The van der Waals surface area contributed by atoms with Gasteiger partial charge in [0, 0.05) is 23.8 Å². The first-order valence-corrected chi connectivity index (χ1v) is 8.11. The maximum atomic E-state index is 12.5. The molecule has 23 heavy (non-hydrogen) atoms. The number of carbonyl (C=O) groups excluding carboxylic acids is 1. The van der Waals surface area contributed by atoms with Gasteiger partial charge in [-0.3, -0.25) is 4.79 Å². The van der Waals surface area contributed by atoms with Crippen molar-refractivity contribution in [3.8, 4) is 0 Å². The van der Waals surface area contributed by atoms with Crippen LogP contribution >= 0.6 is 0 Å². The summed E-state index contributed by atoms with van der Waals surface area (Å²) in [6.07, 6.45) is 7.44. The molecule has 4 rings (SSSR count). The Morgan fingerprint density at radius 2 is 2.26 bits per heavy atom. The number of rotatable bonds is 4. The Hall–Kier alpha value is -2.56. The Morgan fingerprint density at radius 3 is 3.00 bits per heavy atom. The number of imidazole rings is 1. The Labute approximate surface area is 134 Å². The SMILES string of the molecule is Cc1cccc2nc(CNC(=O)c3cc[nH]c3C3CCC3)cn12. The van der Waals surface area contributed by atoms with Crippen molar-refractivity contribution in [2.24, 2.45) is 0 Å². The van der Waals surface area contributed by atoms with Crippen LogP contribution in [0.25, 0.3) is 5.65 Å². The highest BCUT2D eigenvalue weighted by Gasteiger charge is 2.25. The van der Waals surface area contributed by atoms with E-state index in [1.165, 1.54) is 19.3 Å². The summed E-state index contributed by atoms with van der Waals surface area (Å²) in [6.45, 7) is 2.48. The van der Waals surface area contributed by atoms with E-state index < -0.39 is 0 Å². The third-order valence-electron chi connectivity index (χ3n) is 4.71. The van der Waals surface area contributed by atoms with E-state index in [9.17, 15) is 4.79 Å². The molecule has 0 aromatic carbocycles. The van der Waals surface area contributed by atoms with E-state index in [1.54, 1.807) is 0 Å². The second kappa shape index (κ2) is 5.57. The van der Waals surface area contributed by atoms with Crippen LogP contribution in [-0.2, 0) is 6.54 Å². The van der Waals surface area contributed by atoms with Crippen molar-refractivity contribution >= 4 is 11.6 Å². The lowest BCUT2D eigenvalue weighted by molar-refractivity contribution is 0.0948. The van der Waals surface area contributed by atoms with Crippen molar-refractivity contribution in [2.75, 3.05) is 0 Å². The van der Waals surface area contributed by atoms with Crippen molar-refractivity contribution in [3.63, 3.8) is 0 Å². The summed E-state index contributed by atoms with van der Waals surface area (Å²) >= 11 is 0. The zero-order valence-electron chi connectivity index (χ0n) is 13.2. The molecule has 3 aromatic heterocycles. The number of aryl methyl sites for hydroxylation is 1. The lowest BCUT2D eigenvalue weighted by atomic mass is 9.81. The summed E-state index contributed by atoms with van der Waals surface area (Å²) in [7, 11) is 0. The van der Waals surface area contributed by atoms with Crippen LogP contribution < -0.4 is 5.32 Å². The van der Waals surface area contributed by atoms with Gasteiger partial charge in [-0.2, -0.15) is 0 Å². The topological polar surface area (TPSA) is 62.2 Å². The first-order chi connectivity index (χ1) is 11.2. The van der Waals surface area contributed by atoms with Gasteiger partial charge in [-0.25, -0.2) is 4.98 Å². The van der Waals surface area contributed by atoms with Gasteiger partial charge in [0.1, 0.15) is 5.65 Å². The molecule has 2 N–H and O–H groups in total. The number of pyridine rings is 1. The number of H-pyrrole nitrogens is 1. The number of fused-ring (bicyclic) bond motifs is 1. The molecule has 1 aliphatic carbocycles. The second-order valence-electron chi connectivity index (χ2n) is 6.24. The number of amides is 1. The van der Waals surface area contributed by atoms with Gasteiger partial charge in [-0.15, -0.1) is 0 Å². The molecular weight excluding hydrogens is 288 g/mol. The summed E-state index contributed by atoms with van der Waals surface area (Å²) < 4.78 is 2.04. The average Bonchev–Trinajstić information content (AvgIpc) is 3.10. The zero-order chi connectivity index (χ0) is 15.8. The third-order valence-corrected chi connectivity index (χ3v) is 4.71. The van der Waals surface area contributed by atoms with Gasteiger partial charge >= 0.3 is 0 Å². The van der Waals surface area contributed by atoms with Crippen LogP contribution in [0.15, 0.2) is 36.7 Å². The van der Waals surface area contributed by atoms with Crippen molar-refractivity contribution in [3.05, 3.63) is 59.3 Å². The Kier molecular flexibility index (Phi) is 3.41. The Balaban J connectivity index is 1.48. The number of hydrogen-bond acceptors (Lipinski definition) is 2. The van der Waals surface area contributed by atoms with Crippen molar-refractivity contribution in [1.82, 2.24) is 19.7 Å². The lowest BCUT2D eigenvalue weighted by Crippen LogP contribution is -2.25. The standard InChI is InChI=1S/C18H20N4O/c1-12-4-2-7-16-21-14(11-22(12)16)10-20-18(23)15-8-9-19-17(15)13-5-3-6-13/h2,4,7-9,11,13,19H,3,5-6,10H2,1H3,(H,20,23). The molecule has 0 unspecified atom stereocenters. The smallest absolute Gasteiger partial charge is 0.253 e. The quantitative estimate of drug-likeness (QED) is 0.777. The van der Waals surface area contributed by atoms with Crippen molar-refractivity contribution in [1.29, 1.82) is 0 Å². The lowest BCUT2D eigenvalue weighted by Gasteiger charge is -2.25. The Morgan fingerprint density at radius 1 is 1.39 bits per heavy atom. The minimum Gasteiger partial charge on any atom is -0.364 e. The fourth-order valence-electron chi connectivity index (χ4n) is 3.17. The second-order valence-corrected chi connectivity index (χ2v) is 6.24. The van der Waals surface area contributed by atoms with E-state index in [1.807, 2.05) is 48.0 Å². The number of carbonyl (C=O) groups is 1. The molecule has 1 amide bonds. The van der Waals surface area contributed by atoms with Crippen LogP contribution in [0.1, 0.15) is 52.6 Å². The molecule has 0 saturated heterocycles. The highest BCUT2D eigenvalue weighted by atomic mass is 16.1. The Bertz CT molecular complexity index is 857. The monoisotopic (exact) mass is 308 g/mol. The number of hydrogen-bond donors (Lipinski definition) is 2. The molecule has 5 nitrogen and oxygen atoms in total. The highest BCUT2D eigenvalue weighted by molar-refractivity contribution is 5.95. The van der Waals surface area contributed by atoms with E-state index in [-0.39, 0.29) is 5.91 Å². The van der Waals surface area contributed by atoms with Gasteiger partial charge in [0.15, 0.2) is 0 Å². The maximum absolute atomic E-state index is 12.5. The van der Waals surface area contributed by atoms with E-state index in [0.29, 0.717) is 12.5 Å². The zero-order valence-corrected chi connectivity index (χ0v) is 13.2. The molecule has 0 bridgehead atoms. The van der Waals surface area contributed by atoms with Crippen molar-refractivity contribution < 1.29 is 4.79 Å². The summed E-state index contributed by atoms with van der Waals surface area (Å²) in [6, 6.07) is 7.88. The molecule has 0 aliphatic heterocycles. The first kappa shape index (κ1) is 14.1. The largest absolute Gasteiger partial charge is 0.364 e. The van der Waals surface area contributed by atoms with E-state index in [4.69, 9.17) is 0 Å². The van der Waals surface area contributed by atoms with Crippen LogP contribution in [0, 0.1) is 6.92 Å². The molecule has 0 spiro atoms. The molecular formula is C18H20N4O. The summed E-state index contributed by atoms with van der Waals surface area (Å²) in [5.41, 5.74) is 4.76. The summed E-state index contributed by atoms with van der Waals surface area (Å²) in [5.74, 6) is 0.491. The molecule has 5 heteroatoms. The molecule has 1 fully saturated rings. The minimum atomic E-state index is -0.0260. The normalized spacial score (nSPS) is 14.8. The summed E-state index contributed by atoms with van der Waals surface area (Å²) in [4.78, 5) is 20.2. The molecule has 3 aromatic rings. The van der Waals surface area contributed by atoms with Gasteiger partial charge in [-0.05, 0) is 43.9 Å². The van der Waals surface area contributed by atoms with Gasteiger partial charge in [-0.1, -0.05) is 12.5 Å². The van der Waals surface area contributed by atoms with E-state index in [2.05, 4.69) is 15.3 Å². The van der Waals surface area contributed by atoms with Gasteiger partial charge < -0.3 is 14.7 Å². The van der Waals surface area contributed by atoms with Crippen molar-refractivity contribution in [2.45, 2.75) is 38.6 Å². The van der Waals surface area contributed by atoms with Gasteiger partial charge in [0.25, 0.3) is 5.91 Å². The molecule has 1 aliphatic rings. The fourth-order valence-corrected chi connectivity index (χ4v) is 3.17. The third kappa shape index (κ3) is 2.52.